The minimum atomic E-state index is -1.28. The number of rotatable bonds is 27. The van der Waals surface area contributed by atoms with Gasteiger partial charge in [-0.3, -0.25) is 53.0 Å². The van der Waals surface area contributed by atoms with E-state index in [1.807, 2.05) is 13.8 Å². The molecule has 0 amide bonds. The fraction of sp³-hybridized carbons (Fsp3) is 0.654. The molecule has 0 aliphatic carbocycles. The van der Waals surface area contributed by atoms with Crippen LogP contribution in [0.5, 0.6) is 0 Å². The van der Waals surface area contributed by atoms with Crippen LogP contribution in [-0.4, -0.2) is 319 Å². The molecule has 5 aromatic rings. The maximum Gasteiger partial charge on any atom is 0.332 e. The van der Waals surface area contributed by atoms with Crippen molar-refractivity contribution in [1.82, 2.24) is 47.3 Å². The van der Waals surface area contributed by atoms with Crippen molar-refractivity contribution in [2.45, 2.75) is 214 Å². The highest BCUT2D eigenvalue weighted by Crippen LogP contribution is 2.45. The number of aromatic nitrogens is 10. The highest BCUT2D eigenvalue weighted by molar-refractivity contribution is 7.73. The first-order valence-electron chi connectivity index (χ1n) is 39.3. The predicted molar refractivity (Wildman–Crippen MR) is 474 cm³/mol. The van der Waals surface area contributed by atoms with E-state index in [1.165, 1.54) is 69.5 Å². The summed E-state index contributed by atoms with van der Waals surface area (Å²) in [5.74, 6) is 0. The van der Waals surface area contributed by atoms with Crippen LogP contribution in [0.3, 0.4) is 0 Å². The zero-order valence-corrected chi connectivity index (χ0v) is 75.1. The van der Waals surface area contributed by atoms with Gasteiger partial charge in [-0.15, -0.1) is 65.9 Å². The molecular weight excluding hydrogens is 1630 g/mol. The molecule has 10 rings (SSSR count). The van der Waals surface area contributed by atoms with Gasteiger partial charge in [0.1, 0.15) is 91.6 Å². The van der Waals surface area contributed by atoms with Gasteiger partial charge in [0.25, 0.3) is 27.8 Å². The van der Waals surface area contributed by atoms with E-state index in [2.05, 4.69) is 125 Å². The van der Waals surface area contributed by atoms with E-state index in [9.17, 15) is 99.0 Å². The molecule has 0 saturated carbocycles. The van der Waals surface area contributed by atoms with Crippen molar-refractivity contribution in [1.29, 1.82) is 0 Å². The second-order valence-electron chi connectivity index (χ2n) is 34.5. The van der Waals surface area contributed by atoms with Gasteiger partial charge in [-0.05, 0) is 149 Å². The van der Waals surface area contributed by atoms with Crippen molar-refractivity contribution in [2.75, 3.05) is 97.5 Å². The summed E-state index contributed by atoms with van der Waals surface area (Å²) in [6.07, 6.45) is 19.3. The number of nitrogens with zero attached hydrogens (tertiary/aromatic N) is 6. The smallest absolute Gasteiger partial charge is 0.332 e. The molecule has 5 fully saturated rings. The molecule has 0 aromatic carbocycles. The molecule has 5 aromatic heterocycles. The molecule has 0 spiro atoms. The monoisotopic (exact) mass is 1760 g/mol. The number of aliphatic hydroxyl groups is 10. The van der Waals surface area contributed by atoms with Gasteiger partial charge in [-0.1, -0.05) is 26.8 Å². The minimum absolute atomic E-state index is 0.0854. The lowest BCUT2D eigenvalue weighted by atomic mass is 10.0. The van der Waals surface area contributed by atoms with Crippen LogP contribution in [0.25, 0.3) is 6.20 Å². The Labute approximate surface area is 685 Å². The van der Waals surface area contributed by atoms with E-state index < -0.39 is 213 Å². The first kappa shape index (κ1) is 101. The molecule has 14 N–H and O–H groups in total. The molecule has 666 valence electrons. The minimum Gasteiger partial charge on any atom is -0.388 e. The van der Waals surface area contributed by atoms with Gasteiger partial charge in [-0.2, -0.15) is 0 Å². The third-order valence-corrected chi connectivity index (χ3v) is 28.1. The average molecular weight is 1760 g/mol. The highest BCUT2D eigenvalue weighted by atomic mass is 31.2. The molecule has 20 atom stereocenters. The van der Waals surface area contributed by atoms with E-state index in [1.54, 1.807) is 6.92 Å². The number of nitrogens with one attached hydrogen (secondary N) is 4. The predicted octanol–water partition coefficient (Wildman–Crippen LogP) is -0.134. The number of H-pyrrole nitrogens is 4. The van der Waals surface area contributed by atoms with Crippen molar-refractivity contribution in [3.63, 3.8) is 0 Å². The Morgan fingerprint density at radius 1 is 0.364 bits per heavy atom. The van der Waals surface area contributed by atoms with Gasteiger partial charge in [-0.25, -0.2) is 24.0 Å². The summed E-state index contributed by atoms with van der Waals surface area (Å²) in [5.41, 5.74) is -4.72. The number of hydrogen-bond acceptors (Lipinski definition) is 25. The van der Waals surface area contributed by atoms with E-state index in [0.29, 0.717) is 51.7 Å². The SMILES string of the molecule is C=Cn1cc(C2O[C@H](CCP(=C)(C)C)[C@@H](O)[C@H]2O)c(=O)[nH]c1=O.C=P(C)(C)CC[C@H]1OC(c2cn(C)c(=O)n(C)c2=O)[C@H](O)[C@@H]1O.C=P(C)(C)CC[C@H]1OC(c2cn(CC)c(=O)[nH]c2=O)[C@H](O)[C@@H]1O.C=P(C)(C)CC[C@H]1OC(c2cn(CCC)c(=O)[nH]c2=O)[C@H](O)[C@@H]1O.C=P(C)(C)CC[C@H]1OC(c2cn(CCCC)c(=O)[nH]c2=O)[C@H](O)[C@@H]1O. The molecule has 5 aliphatic heterocycles. The summed E-state index contributed by atoms with van der Waals surface area (Å²) < 4.78 is 36.2. The number of aryl methyl sites for hydroxylation is 4. The standard InChI is InChI=1S/C17H29N2O5P.C16H27N2O5P.2C15H25N2O5P.C15H23N2O5P/c1-5-6-8-19-10-11(16(22)18-17(19)23)15-14(21)13(20)12(24-15)7-9-25(2,3)4;1-5-7-18-9-10(15(21)17-16(18)22)14-13(20)12(19)11(23-14)6-8-24(2,3)4;1-16-8-9(14(20)17(2)15(16)21)13-12(19)11(18)10(22-13)6-7-23(3,4)5;2*1-5-17-8-9(14(20)16-15(17)21)13-12(19)11(18)10(22-13)6-7-23(2,3)4/h10,12-15,20-21H,2,5-9H2,1,3-4H3,(H,18,22,23);9,11-14,19-20H,2,5-8H2,1,3-4H3,(H,17,21,22);8,10-13,18-19H,3,6-7H2,1-2,4-5H3;8,10-13,18-19H,2,5-7H2,1,3-4H3,(H,16,20,21);5,8,10-13,18-19H,1-2,6-7H2,3-4H3,(H,16,20,21)/t12-,13-,14-,15?;11-,12-,13-,14?;3*10-,11-,12-,13?/m11111/s1. The first-order chi connectivity index (χ1) is 54.6. The van der Waals surface area contributed by atoms with Gasteiger partial charge in [0, 0.05) is 70.9 Å². The molecule has 5 saturated heterocycles. The molecule has 10 heterocycles. The summed E-state index contributed by atoms with van der Waals surface area (Å²) in [4.78, 5) is 128. The van der Waals surface area contributed by atoms with Crippen molar-refractivity contribution in [2.24, 2.45) is 14.1 Å². The maximum atomic E-state index is 12.3. The molecule has 0 radical (unpaired) electrons. The lowest BCUT2D eigenvalue weighted by Crippen LogP contribution is -2.40. The number of aromatic amines is 4. The quantitative estimate of drug-likeness (QED) is 0.0304. The van der Waals surface area contributed by atoms with Crippen LogP contribution in [-0.2, 0) is 57.4 Å². The van der Waals surface area contributed by atoms with Crippen LogP contribution in [0.15, 0.2) is 85.5 Å². The van der Waals surface area contributed by atoms with Crippen molar-refractivity contribution >= 4 is 72.1 Å². The fourth-order valence-corrected chi connectivity index (χ4v) is 18.6. The van der Waals surface area contributed by atoms with Crippen LogP contribution in [0.2, 0.25) is 0 Å². The van der Waals surface area contributed by atoms with Crippen LogP contribution in [0.4, 0.5) is 0 Å². The fourth-order valence-electron chi connectivity index (χ4n) is 13.8. The highest BCUT2D eigenvalue weighted by Gasteiger charge is 2.49. The molecule has 40 heteroatoms. The van der Waals surface area contributed by atoms with Crippen LogP contribution in [0, 0.1) is 0 Å². The Balaban J connectivity index is 0.000000229. The zero-order valence-electron chi connectivity index (χ0n) is 70.6. The average Bonchev–Trinajstić information content (AvgIpc) is 1.60. The molecule has 0 bridgehead atoms. The van der Waals surface area contributed by atoms with Gasteiger partial charge in [0.15, 0.2) is 0 Å². The number of aliphatic hydroxyl groups excluding tert-OH is 10. The van der Waals surface area contributed by atoms with Gasteiger partial charge in [0.05, 0.1) is 58.3 Å². The summed E-state index contributed by atoms with van der Waals surface area (Å²) >= 11 is 0. The van der Waals surface area contributed by atoms with Crippen molar-refractivity contribution < 1.29 is 74.7 Å². The molecule has 5 aliphatic rings. The Morgan fingerprint density at radius 2 is 0.627 bits per heavy atom. The Bertz CT molecular complexity index is 5160. The first-order valence-corrected chi connectivity index (χ1v) is 54.5. The maximum absolute atomic E-state index is 12.3. The Hall–Kier alpha value is -5.96. The van der Waals surface area contributed by atoms with Crippen molar-refractivity contribution in [3.8, 4) is 0 Å². The lowest BCUT2D eigenvalue weighted by molar-refractivity contribution is 0.00476. The van der Waals surface area contributed by atoms with Crippen molar-refractivity contribution in [3.05, 3.63) is 170 Å². The number of unbranched alkanes of at least 4 members (excludes halogenated alkanes) is 1. The summed E-state index contributed by atoms with van der Waals surface area (Å²) in [7, 11) is 2.90. The van der Waals surface area contributed by atoms with E-state index in [4.69, 9.17) is 23.7 Å². The Kier molecular flexibility index (Phi) is 36.3. The van der Waals surface area contributed by atoms with E-state index in [0.717, 1.165) is 59.2 Å². The van der Waals surface area contributed by atoms with Crippen LogP contribution in [0.1, 0.15) is 130 Å². The van der Waals surface area contributed by atoms with Crippen LogP contribution < -0.4 is 56.2 Å². The molecular formula is C78H129N10O25P5. The summed E-state index contributed by atoms with van der Waals surface area (Å²) in [5, 5.41) is 102. The zero-order chi connectivity index (χ0) is 89.1. The topological polar surface area (TPSA) is 512 Å². The summed E-state index contributed by atoms with van der Waals surface area (Å²) in [6, 6.07) is 0. The van der Waals surface area contributed by atoms with Crippen LogP contribution >= 0.6 is 34.4 Å². The lowest BCUT2D eigenvalue weighted by Gasteiger charge is -2.18. The van der Waals surface area contributed by atoms with Gasteiger partial charge >= 0.3 is 28.4 Å². The largest absolute Gasteiger partial charge is 0.388 e. The van der Waals surface area contributed by atoms with Gasteiger partial charge in [0.2, 0.25) is 0 Å². The molecule has 5 unspecified atom stereocenters. The van der Waals surface area contributed by atoms with Gasteiger partial charge < -0.3 is 93.0 Å². The Morgan fingerprint density at radius 3 is 0.898 bits per heavy atom. The third-order valence-electron chi connectivity index (χ3n) is 20.8. The normalized spacial score (nSPS) is 27.8. The molecule has 35 nitrogen and oxygen atoms in total. The third kappa shape index (κ3) is 27.3. The second kappa shape index (κ2) is 42.4. The van der Waals surface area contributed by atoms with E-state index in [-0.39, 0.29) is 27.8 Å². The molecule has 118 heavy (non-hydrogen) atoms. The number of hydrogen-bond donors (Lipinski definition) is 14. The number of ether oxygens (including phenoxy) is 5. The summed E-state index contributed by atoms with van der Waals surface area (Å²) in [6.45, 7) is 25.0. The second-order valence-corrected chi connectivity index (χ2v) is 56.0. The van der Waals surface area contributed by atoms with E-state index >= 15 is 0 Å².